The second-order valence-corrected chi connectivity index (χ2v) is 9.73. The molecule has 39 heavy (non-hydrogen) atoms. The molecule has 9 heteroatoms. The zero-order valence-electron chi connectivity index (χ0n) is 20.8. The lowest BCUT2D eigenvalue weighted by molar-refractivity contribution is -0.125. The quantitative estimate of drug-likeness (QED) is 0.271. The normalized spacial score (nSPS) is 19.6. The molecule has 2 aromatic heterocycles. The Morgan fingerprint density at radius 3 is 2.74 bits per heavy atom. The smallest absolute Gasteiger partial charge is 0.322 e. The molecule has 2 aliphatic heterocycles. The molecule has 3 aliphatic rings. The van der Waals surface area contributed by atoms with Crippen molar-refractivity contribution < 1.29 is 23.5 Å². The molecule has 4 aromatic rings. The second-order valence-electron chi connectivity index (χ2n) is 9.73. The van der Waals surface area contributed by atoms with E-state index in [4.69, 9.17) is 9.15 Å². The molecule has 2 aromatic carbocycles. The van der Waals surface area contributed by atoms with Gasteiger partial charge in [0.2, 0.25) is 0 Å². The third-order valence-electron chi connectivity index (χ3n) is 7.38. The molecule has 1 aliphatic carbocycles. The number of ether oxygens (including phenoxy) is 1. The summed E-state index contributed by atoms with van der Waals surface area (Å²) in [6.07, 6.45) is 5.48. The van der Waals surface area contributed by atoms with Gasteiger partial charge in [-0.2, -0.15) is 0 Å². The van der Waals surface area contributed by atoms with Gasteiger partial charge in [0.15, 0.2) is 5.54 Å². The Kier molecular flexibility index (Phi) is 4.92. The summed E-state index contributed by atoms with van der Waals surface area (Å²) in [5.74, 6) is 0.474. The summed E-state index contributed by atoms with van der Waals surface area (Å²) in [4.78, 5) is 43.7. The zero-order chi connectivity index (χ0) is 26.7. The van der Waals surface area contributed by atoms with E-state index in [2.05, 4.69) is 27.4 Å². The average Bonchev–Trinajstić information content (AvgIpc) is 3.66. The van der Waals surface area contributed by atoms with Crippen molar-refractivity contribution in [3.05, 3.63) is 100 Å². The highest BCUT2D eigenvalue weighted by Gasteiger charge is 2.53. The van der Waals surface area contributed by atoms with Crippen LogP contribution >= 0.6 is 0 Å². The molecule has 1 atom stereocenters. The third-order valence-corrected chi connectivity index (χ3v) is 7.38. The van der Waals surface area contributed by atoms with Gasteiger partial charge in [-0.1, -0.05) is 24.3 Å². The lowest BCUT2D eigenvalue weighted by Gasteiger charge is -2.29. The van der Waals surface area contributed by atoms with E-state index < -0.39 is 17.5 Å². The van der Waals surface area contributed by atoms with E-state index in [-0.39, 0.29) is 18.2 Å². The Bertz CT molecular complexity index is 1790. The summed E-state index contributed by atoms with van der Waals surface area (Å²) in [5, 5.41) is 6.13. The predicted molar refractivity (Wildman–Crippen MR) is 144 cm³/mol. The summed E-state index contributed by atoms with van der Waals surface area (Å²) < 4.78 is 11.4. The maximum absolute atomic E-state index is 13.3. The highest BCUT2D eigenvalue weighted by atomic mass is 16.5. The molecular weight excluding hydrogens is 496 g/mol. The molecule has 0 radical (unpaired) electrons. The first kappa shape index (κ1) is 22.9. The number of hydrogen-bond acceptors (Lipinski definition) is 5. The number of carbonyl (C=O) groups is 3. The van der Waals surface area contributed by atoms with E-state index in [0.29, 0.717) is 29.2 Å². The summed E-state index contributed by atoms with van der Waals surface area (Å²) in [6, 6.07) is 16.4. The highest BCUT2D eigenvalue weighted by Crippen LogP contribution is 2.36. The maximum Gasteiger partial charge on any atom is 0.322 e. The number of para-hydroxylation sites is 1. The van der Waals surface area contributed by atoms with Crippen molar-refractivity contribution in [2.75, 3.05) is 13.7 Å². The fourth-order valence-corrected chi connectivity index (χ4v) is 5.36. The number of allylic oxidation sites excluding steroid dienone is 2. The number of aromatic amines is 1. The number of nitrogens with zero attached hydrogens (tertiary/aromatic N) is 1. The molecular formula is C30H22N4O5. The van der Waals surface area contributed by atoms with E-state index in [1.165, 1.54) is 12.0 Å². The number of amides is 4. The van der Waals surface area contributed by atoms with E-state index in [1.54, 1.807) is 24.3 Å². The first-order chi connectivity index (χ1) is 18.9. The van der Waals surface area contributed by atoms with Crippen LogP contribution in [0.25, 0.3) is 28.6 Å². The minimum atomic E-state index is -1.59. The Morgan fingerprint density at radius 1 is 1.08 bits per heavy atom. The van der Waals surface area contributed by atoms with Gasteiger partial charge in [0, 0.05) is 34.1 Å². The molecule has 0 saturated carbocycles. The number of hydrogen-bond donors (Lipinski definition) is 3. The Balaban J connectivity index is 1.23. The summed E-state index contributed by atoms with van der Waals surface area (Å²) in [5.41, 5.74) is 6.52. The van der Waals surface area contributed by atoms with Gasteiger partial charge in [-0.3, -0.25) is 14.9 Å². The highest BCUT2D eigenvalue weighted by molar-refractivity contribution is 6.08. The van der Waals surface area contributed by atoms with E-state index in [9.17, 15) is 14.4 Å². The van der Waals surface area contributed by atoms with Gasteiger partial charge < -0.3 is 24.4 Å². The van der Waals surface area contributed by atoms with Crippen molar-refractivity contribution in [1.29, 1.82) is 0 Å². The molecule has 4 heterocycles. The van der Waals surface area contributed by atoms with Gasteiger partial charge in [-0.05, 0) is 54.1 Å². The van der Waals surface area contributed by atoms with Crippen LogP contribution in [-0.4, -0.2) is 41.4 Å². The monoisotopic (exact) mass is 518 g/mol. The van der Waals surface area contributed by atoms with Gasteiger partial charge in [0.1, 0.15) is 17.3 Å². The van der Waals surface area contributed by atoms with E-state index >= 15 is 0 Å². The summed E-state index contributed by atoms with van der Waals surface area (Å²) in [7, 11) is 1.54. The molecule has 0 spiro atoms. The van der Waals surface area contributed by atoms with Crippen LogP contribution in [0.5, 0.6) is 5.75 Å². The molecule has 0 unspecified atom stereocenters. The van der Waals surface area contributed by atoms with Crippen LogP contribution in [-0.2, 0) is 16.9 Å². The average molecular weight is 519 g/mol. The molecule has 1 saturated heterocycles. The van der Waals surface area contributed by atoms with Crippen LogP contribution in [0.1, 0.15) is 38.7 Å². The third kappa shape index (κ3) is 3.59. The minimum Gasteiger partial charge on any atom is -0.497 e. The van der Waals surface area contributed by atoms with Gasteiger partial charge in [0.25, 0.3) is 11.8 Å². The lowest BCUT2D eigenvalue weighted by atomic mass is 9.95. The van der Waals surface area contributed by atoms with Crippen LogP contribution in [0.3, 0.4) is 0 Å². The van der Waals surface area contributed by atoms with Crippen LogP contribution in [0.15, 0.2) is 70.8 Å². The van der Waals surface area contributed by atoms with Crippen LogP contribution < -0.4 is 15.4 Å². The summed E-state index contributed by atoms with van der Waals surface area (Å²) in [6.45, 7) is 0.191. The first-order valence-corrected chi connectivity index (χ1v) is 12.4. The predicted octanol–water partition coefficient (Wildman–Crippen LogP) is 4.18. The Morgan fingerprint density at radius 2 is 1.95 bits per heavy atom. The zero-order valence-corrected chi connectivity index (χ0v) is 20.8. The number of carbonyl (C=O) groups excluding carboxylic acids is 3. The number of methoxy groups -OCH3 is 1. The van der Waals surface area contributed by atoms with Gasteiger partial charge in [-0.25, -0.2) is 4.79 Å². The SMILES string of the molecule is COc1ccc2c(c1)C(=O)N(C[C@@]1(c3cc4c(o3)C=CC(c3cc5ccccc5[nH]3)=C=C4)NC(=O)NC1=O)C2. The molecule has 7 rings (SSSR count). The minimum absolute atomic E-state index is 0.101. The van der Waals surface area contributed by atoms with Crippen molar-refractivity contribution >= 4 is 46.5 Å². The van der Waals surface area contributed by atoms with Crippen LogP contribution in [0.4, 0.5) is 4.79 Å². The number of nitrogens with one attached hydrogen (secondary N) is 3. The molecule has 9 nitrogen and oxygen atoms in total. The number of imide groups is 1. The number of H-pyrrole nitrogens is 1. The number of urea groups is 1. The topological polar surface area (TPSA) is 117 Å². The number of benzene rings is 2. The second kappa shape index (κ2) is 8.37. The lowest BCUT2D eigenvalue weighted by Crippen LogP contribution is -2.52. The van der Waals surface area contributed by atoms with Crippen molar-refractivity contribution in [3.8, 4) is 5.75 Å². The standard InChI is InChI=1S/C30H22N4O5/c1-38-21-10-8-20-15-34(27(35)22(20)14-21)16-30(28(36)32-29(37)33-30)26-13-19-7-6-17(9-11-25(19)39-26)24-12-18-4-2-3-5-23(18)31-24/h2-5,7-14,31H,15-16H2,1H3,(H2,32,33,36,37)/t30-/m0/s1. The molecule has 4 amide bonds. The van der Waals surface area contributed by atoms with Crippen molar-refractivity contribution in [3.63, 3.8) is 0 Å². The fraction of sp³-hybridized carbons (Fsp3) is 0.133. The van der Waals surface area contributed by atoms with Crippen LogP contribution in [0.2, 0.25) is 0 Å². The van der Waals surface area contributed by atoms with Crippen molar-refractivity contribution in [2.24, 2.45) is 0 Å². The molecule has 1 fully saturated rings. The summed E-state index contributed by atoms with van der Waals surface area (Å²) >= 11 is 0. The Labute approximate surface area is 222 Å². The van der Waals surface area contributed by atoms with E-state index in [1.807, 2.05) is 42.5 Å². The fourth-order valence-electron chi connectivity index (χ4n) is 5.36. The van der Waals surface area contributed by atoms with Gasteiger partial charge >= 0.3 is 6.03 Å². The van der Waals surface area contributed by atoms with Gasteiger partial charge in [-0.15, -0.1) is 5.73 Å². The number of rotatable bonds is 5. The molecule has 3 N–H and O–H groups in total. The van der Waals surface area contributed by atoms with Crippen molar-refractivity contribution in [1.82, 2.24) is 20.5 Å². The van der Waals surface area contributed by atoms with Crippen molar-refractivity contribution in [2.45, 2.75) is 12.1 Å². The largest absolute Gasteiger partial charge is 0.497 e. The number of aromatic nitrogens is 1. The molecule has 0 bridgehead atoms. The first-order valence-electron chi connectivity index (χ1n) is 12.4. The molecule has 192 valence electrons. The Hall–Kier alpha value is -5.27. The number of furan rings is 1. The van der Waals surface area contributed by atoms with Crippen LogP contribution in [0, 0.1) is 0 Å². The van der Waals surface area contributed by atoms with Gasteiger partial charge in [0.05, 0.1) is 19.3 Å². The number of fused-ring (bicyclic) bond motifs is 3. The van der Waals surface area contributed by atoms with E-state index in [0.717, 1.165) is 27.7 Å². The maximum atomic E-state index is 13.3.